The molecule has 84 valence electrons. The van der Waals surface area contributed by atoms with E-state index in [1.165, 1.54) is 0 Å². The zero-order chi connectivity index (χ0) is 11.7. The highest BCUT2D eigenvalue weighted by Gasteiger charge is 2.11. The third-order valence-electron chi connectivity index (χ3n) is 2.80. The van der Waals surface area contributed by atoms with Gasteiger partial charge in [0.05, 0.1) is 12.1 Å². The standard InChI is InChI=1S/C13H14ClNO/c1-4-10-8(2)12(14)9-6-5-7-11(16-3)13(9)15-10/h5-7H,4H2,1-3H3. The molecule has 0 atom stereocenters. The average molecular weight is 236 g/mol. The summed E-state index contributed by atoms with van der Waals surface area (Å²) in [5, 5.41) is 1.73. The van der Waals surface area contributed by atoms with E-state index in [2.05, 4.69) is 11.9 Å². The number of pyridine rings is 1. The van der Waals surface area contributed by atoms with Crippen LogP contribution >= 0.6 is 11.6 Å². The van der Waals surface area contributed by atoms with Gasteiger partial charge in [0, 0.05) is 11.1 Å². The van der Waals surface area contributed by atoms with E-state index < -0.39 is 0 Å². The zero-order valence-electron chi connectivity index (χ0n) is 9.67. The van der Waals surface area contributed by atoms with Gasteiger partial charge in [-0.3, -0.25) is 0 Å². The summed E-state index contributed by atoms with van der Waals surface area (Å²) in [7, 11) is 1.65. The van der Waals surface area contributed by atoms with Crippen molar-refractivity contribution in [1.29, 1.82) is 0 Å². The van der Waals surface area contributed by atoms with Crippen LogP contribution in [0.25, 0.3) is 10.9 Å². The van der Waals surface area contributed by atoms with E-state index in [0.717, 1.165) is 39.4 Å². The Balaban J connectivity index is 2.86. The fourth-order valence-electron chi connectivity index (χ4n) is 1.87. The third-order valence-corrected chi connectivity index (χ3v) is 3.29. The summed E-state index contributed by atoms with van der Waals surface area (Å²) in [5.74, 6) is 0.772. The number of methoxy groups -OCH3 is 1. The van der Waals surface area contributed by atoms with Crippen LogP contribution in [0.3, 0.4) is 0 Å². The summed E-state index contributed by atoms with van der Waals surface area (Å²) in [4.78, 5) is 4.62. The summed E-state index contributed by atoms with van der Waals surface area (Å²) in [6.07, 6.45) is 0.875. The minimum atomic E-state index is 0.772. The molecule has 2 aromatic rings. The molecule has 0 fully saturated rings. The summed E-state index contributed by atoms with van der Waals surface area (Å²) < 4.78 is 5.30. The molecule has 0 aliphatic carbocycles. The molecular formula is C13H14ClNO. The molecular weight excluding hydrogens is 222 g/mol. The number of hydrogen-bond donors (Lipinski definition) is 0. The van der Waals surface area contributed by atoms with E-state index in [1.807, 2.05) is 25.1 Å². The van der Waals surface area contributed by atoms with Gasteiger partial charge in [-0.2, -0.15) is 0 Å². The molecule has 0 bridgehead atoms. The molecule has 2 rings (SSSR count). The number of para-hydroxylation sites is 1. The van der Waals surface area contributed by atoms with Gasteiger partial charge in [0.15, 0.2) is 0 Å². The molecule has 0 N–H and O–H groups in total. The molecule has 0 radical (unpaired) electrons. The molecule has 0 spiro atoms. The largest absolute Gasteiger partial charge is 0.494 e. The first-order valence-corrected chi connectivity index (χ1v) is 5.68. The minimum Gasteiger partial charge on any atom is -0.494 e. The molecule has 3 heteroatoms. The number of aromatic nitrogens is 1. The van der Waals surface area contributed by atoms with Gasteiger partial charge in [-0.05, 0) is 25.0 Å². The van der Waals surface area contributed by atoms with Crippen molar-refractivity contribution in [2.45, 2.75) is 20.3 Å². The van der Waals surface area contributed by atoms with E-state index in [4.69, 9.17) is 16.3 Å². The third kappa shape index (κ3) is 1.63. The highest BCUT2D eigenvalue weighted by molar-refractivity contribution is 6.36. The Morgan fingerprint density at radius 3 is 2.75 bits per heavy atom. The quantitative estimate of drug-likeness (QED) is 0.791. The van der Waals surface area contributed by atoms with Crippen LogP contribution in [-0.2, 0) is 6.42 Å². The van der Waals surface area contributed by atoms with E-state index in [-0.39, 0.29) is 0 Å². The molecule has 1 heterocycles. The molecule has 16 heavy (non-hydrogen) atoms. The molecule has 1 aromatic carbocycles. The zero-order valence-corrected chi connectivity index (χ0v) is 10.4. The van der Waals surface area contributed by atoms with Crippen LogP contribution in [0.1, 0.15) is 18.2 Å². The van der Waals surface area contributed by atoms with Crippen molar-refractivity contribution in [1.82, 2.24) is 4.98 Å². The normalized spacial score (nSPS) is 10.8. The van der Waals surface area contributed by atoms with Crippen molar-refractivity contribution in [2.24, 2.45) is 0 Å². The number of halogens is 1. The molecule has 0 aliphatic heterocycles. The minimum absolute atomic E-state index is 0.772. The van der Waals surface area contributed by atoms with Gasteiger partial charge in [0.2, 0.25) is 0 Å². The second-order valence-electron chi connectivity index (χ2n) is 3.71. The van der Waals surface area contributed by atoms with Crippen molar-refractivity contribution in [2.75, 3.05) is 7.11 Å². The van der Waals surface area contributed by atoms with Crippen molar-refractivity contribution >= 4 is 22.5 Å². The van der Waals surface area contributed by atoms with Gasteiger partial charge in [0.1, 0.15) is 11.3 Å². The smallest absolute Gasteiger partial charge is 0.145 e. The van der Waals surface area contributed by atoms with Crippen LogP contribution in [0.2, 0.25) is 5.02 Å². The summed E-state index contributed by atoms with van der Waals surface area (Å²) in [6, 6.07) is 5.81. The lowest BCUT2D eigenvalue weighted by molar-refractivity contribution is 0.419. The predicted molar refractivity (Wildman–Crippen MR) is 67.4 cm³/mol. The lowest BCUT2D eigenvalue weighted by Gasteiger charge is -2.11. The van der Waals surface area contributed by atoms with Gasteiger partial charge in [-0.15, -0.1) is 0 Å². The van der Waals surface area contributed by atoms with Crippen LogP contribution in [0, 0.1) is 6.92 Å². The van der Waals surface area contributed by atoms with Crippen LogP contribution in [0.15, 0.2) is 18.2 Å². The molecule has 0 aliphatic rings. The Hall–Kier alpha value is -1.28. The second kappa shape index (κ2) is 4.30. The Morgan fingerprint density at radius 1 is 1.38 bits per heavy atom. The summed E-state index contributed by atoms with van der Waals surface area (Å²) >= 11 is 6.34. The molecule has 0 saturated carbocycles. The maximum absolute atomic E-state index is 6.34. The van der Waals surface area contributed by atoms with Crippen molar-refractivity contribution in [3.05, 3.63) is 34.5 Å². The Morgan fingerprint density at radius 2 is 2.12 bits per heavy atom. The lowest BCUT2D eigenvalue weighted by atomic mass is 10.1. The molecule has 0 saturated heterocycles. The predicted octanol–water partition coefficient (Wildman–Crippen LogP) is 3.77. The first-order valence-electron chi connectivity index (χ1n) is 5.30. The lowest BCUT2D eigenvalue weighted by Crippen LogP contribution is -1.96. The Labute approximate surface area is 100 Å². The number of fused-ring (bicyclic) bond motifs is 1. The Bertz CT molecular complexity index is 537. The maximum atomic E-state index is 6.34. The van der Waals surface area contributed by atoms with Crippen molar-refractivity contribution in [3.8, 4) is 5.75 Å². The fourth-order valence-corrected chi connectivity index (χ4v) is 2.13. The van der Waals surface area contributed by atoms with E-state index in [9.17, 15) is 0 Å². The number of hydrogen-bond acceptors (Lipinski definition) is 2. The summed E-state index contributed by atoms with van der Waals surface area (Å²) in [5.41, 5.74) is 2.93. The molecule has 0 unspecified atom stereocenters. The second-order valence-corrected chi connectivity index (χ2v) is 4.09. The monoisotopic (exact) mass is 235 g/mol. The van der Waals surface area contributed by atoms with Gasteiger partial charge in [-0.1, -0.05) is 30.7 Å². The van der Waals surface area contributed by atoms with Gasteiger partial charge >= 0.3 is 0 Å². The number of benzene rings is 1. The highest BCUT2D eigenvalue weighted by Crippen LogP contribution is 2.32. The first-order chi connectivity index (χ1) is 7.69. The van der Waals surface area contributed by atoms with Crippen LogP contribution in [0.5, 0.6) is 5.75 Å². The highest BCUT2D eigenvalue weighted by atomic mass is 35.5. The molecule has 0 amide bonds. The van der Waals surface area contributed by atoms with Gasteiger partial charge < -0.3 is 4.74 Å². The molecule has 1 aromatic heterocycles. The van der Waals surface area contributed by atoms with Crippen LogP contribution < -0.4 is 4.74 Å². The van der Waals surface area contributed by atoms with E-state index >= 15 is 0 Å². The number of rotatable bonds is 2. The van der Waals surface area contributed by atoms with E-state index in [1.54, 1.807) is 7.11 Å². The van der Waals surface area contributed by atoms with Crippen LogP contribution in [-0.4, -0.2) is 12.1 Å². The maximum Gasteiger partial charge on any atom is 0.145 e. The van der Waals surface area contributed by atoms with Crippen molar-refractivity contribution < 1.29 is 4.74 Å². The molecule has 2 nitrogen and oxygen atoms in total. The Kier molecular flexibility index (Phi) is 3.01. The fraction of sp³-hybridized carbons (Fsp3) is 0.308. The van der Waals surface area contributed by atoms with Crippen LogP contribution in [0.4, 0.5) is 0 Å². The number of nitrogens with zero attached hydrogens (tertiary/aromatic N) is 1. The van der Waals surface area contributed by atoms with Gasteiger partial charge in [0.25, 0.3) is 0 Å². The number of aryl methyl sites for hydroxylation is 1. The summed E-state index contributed by atoms with van der Waals surface area (Å²) in [6.45, 7) is 4.08. The average Bonchev–Trinajstić information content (AvgIpc) is 2.33. The number of ether oxygens (including phenoxy) is 1. The topological polar surface area (TPSA) is 22.1 Å². The SMILES string of the molecule is CCc1nc2c(OC)cccc2c(Cl)c1C. The van der Waals surface area contributed by atoms with E-state index in [0.29, 0.717) is 0 Å². The van der Waals surface area contributed by atoms with Gasteiger partial charge in [-0.25, -0.2) is 4.98 Å². The van der Waals surface area contributed by atoms with Crippen molar-refractivity contribution in [3.63, 3.8) is 0 Å². The first kappa shape index (κ1) is 11.2.